The summed E-state index contributed by atoms with van der Waals surface area (Å²) in [6, 6.07) is 0. The highest BCUT2D eigenvalue weighted by Gasteiger charge is 2.35. The van der Waals surface area contributed by atoms with Gasteiger partial charge >= 0.3 is 0 Å². The first-order valence-electron chi connectivity index (χ1n) is 5.08. The molecular weight excluding hydrogens is 150 g/mol. The van der Waals surface area contributed by atoms with Crippen LogP contribution >= 0.6 is 0 Å². The van der Waals surface area contributed by atoms with Crippen molar-refractivity contribution in [1.29, 1.82) is 0 Å². The van der Waals surface area contributed by atoms with Gasteiger partial charge in [-0.1, -0.05) is 5.16 Å². The highest BCUT2D eigenvalue weighted by Crippen LogP contribution is 2.44. The maximum atomic E-state index is 5.05. The summed E-state index contributed by atoms with van der Waals surface area (Å²) in [5.74, 6) is 1.99. The van der Waals surface area contributed by atoms with Gasteiger partial charge in [0.05, 0.1) is 5.71 Å². The van der Waals surface area contributed by atoms with Crippen molar-refractivity contribution >= 4 is 5.71 Å². The number of nitrogens with zero attached hydrogens (tertiary/aromatic N) is 1. The summed E-state index contributed by atoms with van der Waals surface area (Å²) in [6.07, 6.45) is 6.68. The van der Waals surface area contributed by atoms with Crippen molar-refractivity contribution in [3.63, 3.8) is 0 Å². The number of hydrogen-bond acceptors (Lipinski definition) is 2. The molecule has 2 fully saturated rings. The van der Waals surface area contributed by atoms with Crippen LogP contribution in [0.2, 0.25) is 0 Å². The van der Waals surface area contributed by atoms with Crippen molar-refractivity contribution < 1.29 is 4.84 Å². The predicted octanol–water partition coefficient (Wildman–Crippen LogP) is 2.59. The van der Waals surface area contributed by atoms with E-state index in [1.54, 1.807) is 0 Å². The molecule has 1 unspecified atom stereocenters. The molecule has 0 aromatic rings. The van der Waals surface area contributed by atoms with Gasteiger partial charge in [-0.05, 0) is 50.9 Å². The van der Waals surface area contributed by atoms with E-state index in [2.05, 4.69) is 5.16 Å². The maximum absolute atomic E-state index is 5.05. The second-order valence-electron chi connectivity index (χ2n) is 3.92. The van der Waals surface area contributed by atoms with Gasteiger partial charge in [-0.2, -0.15) is 0 Å². The molecule has 0 amide bonds. The molecular formula is C10H17NO. The monoisotopic (exact) mass is 167 g/mol. The van der Waals surface area contributed by atoms with Crippen LogP contribution in [-0.4, -0.2) is 12.3 Å². The number of hydrogen-bond donors (Lipinski definition) is 0. The Morgan fingerprint density at radius 2 is 2.17 bits per heavy atom. The molecule has 0 saturated heterocycles. The molecule has 0 radical (unpaired) electrons. The van der Waals surface area contributed by atoms with Gasteiger partial charge in [0.25, 0.3) is 0 Å². The summed E-state index contributed by atoms with van der Waals surface area (Å²) < 4.78 is 0. The van der Waals surface area contributed by atoms with Crippen molar-refractivity contribution in [2.45, 2.75) is 39.0 Å². The highest BCUT2D eigenvalue weighted by molar-refractivity contribution is 5.86. The Morgan fingerprint density at radius 3 is 2.83 bits per heavy atom. The third-order valence-corrected chi connectivity index (χ3v) is 2.91. The summed E-state index contributed by atoms with van der Waals surface area (Å²) in [6.45, 7) is 2.69. The molecule has 2 aliphatic carbocycles. The Hall–Kier alpha value is -0.530. The van der Waals surface area contributed by atoms with Gasteiger partial charge in [0, 0.05) is 0 Å². The standard InChI is InChI=1S/C10H17NO/c1-2-12-11-10-6-5-9(7-10)8-3-4-8/h8-9H,2-7H2,1H3/b11-10+. The molecule has 0 spiro atoms. The van der Waals surface area contributed by atoms with Crippen molar-refractivity contribution in [1.82, 2.24) is 0 Å². The molecule has 68 valence electrons. The first-order valence-corrected chi connectivity index (χ1v) is 5.08. The average molecular weight is 167 g/mol. The lowest BCUT2D eigenvalue weighted by atomic mass is 10.0. The zero-order valence-electron chi connectivity index (χ0n) is 7.75. The molecule has 2 aliphatic rings. The van der Waals surface area contributed by atoms with Crippen LogP contribution in [-0.2, 0) is 4.84 Å². The van der Waals surface area contributed by atoms with Crippen LogP contribution in [0.5, 0.6) is 0 Å². The number of rotatable bonds is 3. The Bertz CT molecular complexity index is 184. The van der Waals surface area contributed by atoms with Crippen LogP contribution < -0.4 is 0 Å². The van der Waals surface area contributed by atoms with E-state index in [4.69, 9.17) is 4.84 Å². The molecule has 0 bridgehead atoms. The molecule has 0 N–H and O–H groups in total. The topological polar surface area (TPSA) is 21.6 Å². The van der Waals surface area contributed by atoms with Crippen LogP contribution in [0.3, 0.4) is 0 Å². The SMILES string of the molecule is CCO/N=C1\CCC(C2CC2)C1. The fraction of sp³-hybridized carbons (Fsp3) is 0.900. The van der Waals surface area contributed by atoms with Crippen molar-refractivity contribution in [2.75, 3.05) is 6.61 Å². The fourth-order valence-electron chi connectivity index (χ4n) is 2.07. The largest absolute Gasteiger partial charge is 0.396 e. The van der Waals surface area contributed by atoms with E-state index in [1.165, 1.54) is 37.8 Å². The molecule has 2 heteroatoms. The second kappa shape index (κ2) is 3.46. The van der Waals surface area contributed by atoms with Gasteiger partial charge < -0.3 is 4.84 Å². The molecule has 0 aromatic heterocycles. The van der Waals surface area contributed by atoms with Crippen LogP contribution in [0.15, 0.2) is 5.16 Å². The van der Waals surface area contributed by atoms with Crippen LogP contribution in [0, 0.1) is 11.8 Å². The molecule has 2 nitrogen and oxygen atoms in total. The average Bonchev–Trinajstić information content (AvgIpc) is 2.83. The summed E-state index contributed by atoms with van der Waals surface area (Å²) in [5.41, 5.74) is 1.30. The first kappa shape index (κ1) is 8.09. The summed E-state index contributed by atoms with van der Waals surface area (Å²) in [5, 5.41) is 4.12. The molecule has 12 heavy (non-hydrogen) atoms. The van der Waals surface area contributed by atoms with E-state index in [9.17, 15) is 0 Å². The van der Waals surface area contributed by atoms with Crippen LogP contribution in [0.25, 0.3) is 0 Å². The normalized spacial score (nSPS) is 32.8. The quantitative estimate of drug-likeness (QED) is 0.592. The van der Waals surface area contributed by atoms with E-state index in [1.807, 2.05) is 6.92 Å². The van der Waals surface area contributed by atoms with Crippen molar-refractivity contribution in [2.24, 2.45) is 17.0 Å². The van der Waals surface area contributed by atoms with Gasteiger partial charge in [0.2, 0.25) is 0 Å². The fourth-order valence-corrected chi connectivity index (χ4v) is 2.07. The molecule has 1 atom stereocenters. The first-order chi connectivity index (χ1) is 5.90. The van der Waals surface area contributed by atoms with Gasteiger partial charge in [-0.3, -0.25) is 0 Å². The number of oxime groups is 1. The third-order valence-electron chi connectivity index (χ3n) is 2.91. The van der Waals surface area contributed by atoms with Crippen LogP contribution in [0.1, 0.15) is 39.0 Å². The molecule has 0 aliphatic heterocycles. The van der Waals surface area contributed by atoms with Crippen LogP contribution in [0.4, 0.5) is 0 Å². The predicted molar refractivity (Wildman–Crippen MR) is 49.1 cm³/mol. The lowest BCUT2D eigenvalue weighted by Crippen LogP contribution is -1.98. The minimum absolute atomic E-state index is 0.706. The summed E-state index contributed by atoms with van der Waals surface area (Å²) in [7, 11) is 0. The van der Waals surface area contributed by atoms with E-state index >= 15 is 0 Å². The van der Waals surface area contributed by atoms with E-state index in [0.717, 1.165) is 11.8 Å². The Morgan fingerprint density at radius 1 is 1.33 bits per heavy atom. The second-order valence-corrected chi connectivity index (χ2v) is 3.92. The summed E-state index contributed by atoms with van der Waals surface area (Å²) >= 11 is 0. The molecule has 2 rings (SSSR count). The lowest BCUT2D eigenvalue weighted by molar-refractivity contribution is 0.158. The highest BCUT2D eigenvalue weighted by atomic mass is 16.6. The van der Waals surface area contributed by atoms with Crippen molar-refractivity contribution in [3.05, 3.63) is 0 Å². The Balaban J connectivity index is 1.80. The zero-order valence-corrected chi connectivity index (χ0v) is 7.75. The van der Waals surface area contributed by atoms with Gasteiger partial charge in [-0.15, -0.1) is 0 Å². The minimum atomic E-state index is 0.706. The third kappa shape index (κ3) is 1.79. The van der Waals surface area contributed by atoms with E-state index < -0.39 is 0 Å². The molecule has 0 heterocycles. The maximum Gasteiger partial charge on any atom is 0.114 e. The summed E-state index contributed by atoms with van der Waals surface area (Å²) in [4.78, 5) is 5.05. The minimum Gasteiger partial charge on any atom is -0.396 e. The van der Waals surface area contributed by atoms with E-state index in [0.29, 0.717) is 6.61 Å². The van der Waals surface area contributed by atoms with Crippen molar-refractivity contribution in [3.8, 4) is 0 Å². The van der Waals surface area contributed by atoms with Gasteiger partial charge in [0.1, 0.15) is 6.61 Å². The smallest absolute Gasteiger partial charge is 0.114 e. The Kier molecular flexibility index (Phi) is 2.33. The zero-order chi connectivity index (χ0) is 8.39. The molecule has 0 aromatic carbocycles. The van der Waals surface area contributed by atoms with Gasteiger partial charge in [-0.25, -0.2) is 0 Å². The van der Waals surface area contributed by atoms with Gasteiger partial charge in [0.15, 0.2) is 0 Å². The molecule has 2 saturated carbocycles. The lowest BCUT2D eigenvalue weighted by Gasteiger charge is -2.03. The van der Waals surface area contributed by atoms with E-state index in [-0.39, 0.29) is 0 Å². The Labute approximate surface area is 74.0 Å².